The monoisotopic (exact) mass is 581 g/mol. The van der Waals surface area contributed by atoms with Crippen molar-refractivity contribution in [3.05, 3.63) is 70.1 Å². The minimum absolute atomic E-state index is 0.0281. The first kappa shape index (κ1) is 32.4. The second-order valence-corrected chi connectivity index (χ2v) is 10.7. The number of aliphatic hydroxyl groups excluding tert-OH is 1. The average Bonchev–Trinajstić information content (AvgIpc) is 3.35. The molecule has 0 aliphatic carbocycles. The second kappa shape index (κ2) is 15.2. The maximum absolute atomic E-state index is 14.0. The SMILES string of the molecule is COCCCNC(=O)[C@]1(CCC(=O)OC(C)(C)C)N=C(c2ccc(OCCCO)cc2)O[C@@H]1c1ccccc1N=[N+]=[N-]. The molecule has 0 aromatic heterocycles. The van der Waals surface area contributed by atoms with Gasteiger partial charge in [0.25, 0.3) is 5.91 Å². The number of esters is 1. The van der Waals surface area contributed by atoms with E-state index in [0.717, 1.165) is 0 Å². The zero-order valence-electron chi connectivity index (χ0n) is 24.5. The van der Waals surface area contributed by atoms with Crippen molar-refractivity contribution in [2.75, 3.05) is 33.5 Å². The lowest BCUT2D eigenvalue weighted by Gasteiger charge is -2.31. The lowest BCUT2D eigenvalue weighted by Crippen LogP contribution is -2.49. The summed E-state index contributed by atoms with van der Waals surface area (Å²) in [7, 11) is 1.58. The zero-order chi connectivity index (χ0) is 30.6. The van der Waals surface area contributed by atoms with E-state index in [2.05, 4.69) is 15.3 Å². The van der Waals surface area contributed by atoms with Gasteiger partial charge in [0.05, 0.1) is 6.61 Å². The third-order valence-electron chi connectivity index (χ3n) is 6.34. The molecule has 1 aliphatic rings. The van der Waals surface area contributed by atoms with Gasteiger partial charge in [-0.25, -0.2) is 4.99 Å². The van der Waals surface area contributed by atoms with Crippen molar-refractivity contribution >= 4 is 23.5 Å². The van der Waals surface area contributed by atoms with Crippen LogP contribution in [0.4, 0.5) is 5.69 Å². The highest BCUT2D eigenvalue weighted by Gasteiger charge is 2.53. The average molecular weight is 582 g/mol. The van der Waals surface area contributed by atoms with Crippen LogP contribution < -0.4 is 10.1 Å². The number of aliphatic hydroxyl groups is 1. The molecule has 2 aromatic carbocycles. The summed E-state index contributed by atoms with van der Waals surface area (Å²) in [6, 6.07) is 13.8. The highest BCUT2D eigenvalue weighted by Crippen LogP contribution is 2.46. The molecule has 0 unspecified atom stereocenters. The maximum atomic E-state index is 14.0. The Morgan fingerprint density at radius 1 is 1.14 bits per heavy atom. The molecule has 12 heteroatoms. The van der Waals surface area contributed by atoms with Crippen LogP contribution in [-0.2, 0) is 23.8 Å². The number of ether oxygens (including phenoxy) is 4. The number of rotatable bonds is 15. The Kier molecular flexibility index (Phi) is 11.7. The summed E-state index contributed by atoms with van der Waals surface area (Å²) in [4.78, 5) is 34.7. The number of nitrogens with one attached hydrogen (secondary N) is 1. The predicted molar refractivity (Wildman–Crippen MR) is 157 cm³/mol. The standard InChI is InChI=1S/C30H39N5O7/c1-29(2,3)42-25(37)15-16-30(28(38)32-17-7-19-39-4)26(23-9-5-6-10-24(23)34-35-31)41-27(33-30)21-11-13-22(14-12-21)40-20-8-18-36/h5-6,9-14,26,36H,7-8,15-20H2,1-4H3,(H,32,38)/t26-,30-/m1/s1. The first-order valence-corrected chi connectivity index (χ1v) is 13.9. The number of nitrogens with zero attached hydrogens (tertiary/aromatic N) is 4. The van der Waals surface area contributed by atoms with Crippen molar-refractivity contribution in [2.24, 2.45) is 10.1 Å². The third kappa shape index (κ3) is 8.69. The van der Waals surface area contributed by atoms with E-state index in [1.54, 1.807) is 76.4 Å². The van der Waals surface area contributed by atoms with Crippen molar-refractivity contribution in [3.8, 4) is 5.75 Å². The van der Waals surface area contributed by atoms with E-state index in [0.29, 0.717) is 49.5 Å². The largest absolute Gasteiger partial charge is 0.494 e. The number of hydrogen-bond donors (Lipinski definition) is 2. The van der Waals surface area contributed by atoms with Gasteiger partial charge in [0.15, 0.2) is 11.6 Å². The Labute approximate surface area is 245 Å². The minimum Gasteiger partial charge on any atom is -0.494 e. The Bertz CT molecular complexity index is 1290. The van der Waals surface area contributed by atoms with Gasteiger partial charge >= 0.3 is 5.97 Å². The molecular weight excluding hydrogens is 542 g/mol. The van der Waals surface area contributed by atoms with E-state index in [4.69, 9.17) is 29.0 Å². The van der Waals surface area contributed by atoms with Crippen LogP contribution in [0.3, 0.4) is 0 Å². The molecule has 2 aromatic rings. The number of carbonyl (C=O) groups excluding carboxylic acids is 2. The minimum atomic E-state index is -1.59. The van der Waals surface area contributed by atoms with Crippen LogP contribution in [-0.4, -0.2) is 67.5 Å². The first-order valence-electron chi connectivity index (χ1n) is 13.9. The number of hydrogen-bond acceptors (Lipinski definition) is 9. The summed E-state index contributed by atoms with van der Waals surface area (Å²) in [6.45, 7) is 6.47. The first-order chi connectivity index (χ1) is 20.1. The van der Waals surface area contributed by atoms with Crippen LogP contribution in [0.2, 0.25) is 0 Å². The van der Waals surface area contributed by atoms with Gasteiger partial charge in [0.2, 0.25) is 5.90 Å². The van der Waals surface area contributed by atoms with Crippen molar-refractivity contribution in [1.29, 1.82) is 0 Å². The number of azide groups is 1. The fourth-order valence-corrected chi connectivity index (χ4v) is 4.45. The summed E-state index contributed by atoms with van der Waals surface area (Å²) in [6.07, 6.45) is -0.0809. The van der Waals surface area contributed by atoms with Crippen LogP contribution in [0.25, 0.3) is 10.4 Å². The molecule has 0 bridgehead atoms. The molecule has 0 saturated heterocycles. The molecule has 0 saturated carbocycles. The van der Waals surface area contributed by atoms with Crippen LogP contribution in [0.5, 0.6) is 5.75 Å². The number of amides is 1. The van der Waals surface area contributed by atoms with Crippen molar-refractivity contribution < 1.29 is 33.6 Å². The number of carbonyl (C=O) groups is 2. The molecular formula is C30H39N5O7. The maximum Gasteiger partial charge on any atom is 0.306 e. The molecule has 2 N–H and O–H groups in total. The van der Waals surface area contributed by atoms with Gasteiger partial charge in [-0.15, -0.1) is 0 Å². The lowest BCUT2D eigenvalue weighted by molar-refractivity contribution is -0.155. The lowest BCUT2D eigenvalue weighted by atomic mass is 9.82. The molecule has 42 heavy (non-hydrogen) atoms. The number of methoxy groups -OCH3 is 1. The van der Waals surface area contributed by atoms with Gasteiger partial charge in [-0.3, -0.25) is 9.59 Å². The van der Waals surface area contributed by atoms with Gasteiger partial charge in [-0.2, -0.15) is 0 Å². The molecule has 226 valence electrons. The van der Waals surface area contributed by atoms with Gasteiger partial charge in [-0.1, -0.05) is 29.4 Å². The molecule has 3 rings (SSSR count). The Morgan fingerprint density at radius 2 is 1.88 bits per heavy atom. The molecule has 0 fully saturated rings. The molecule has 1 amide bonds. The molecule has 12 nitrogen and oxygen atoms in total. The summed E-state index contributed by atoms with van der Waals surface area (Å²) in [5.74, 6) is -0.136. The normalized spacial score (nSPS) is 17.9. The summed E-state index contributed by atoms with van der Waals surface area (Å²) >= 11 is 0. The van der Waals surface area contributed by atoms with E-state index in [1.807, 2.05) is 0 Å². The van der Waals surface area contributed by atoms with E-state index in [1.165, 1.54) is 0 Å². The van der Waals surface area contributed by atoms with Crippen LogP contribution in [0.1, 0.15) is 63.7 Å². The Hall–Kier alpha value is -4.12. The van der Waals surface area contributed by atoms with E-state index >= 15 is 0 Å². The fraction of sp³-hybridized carbons (Fsp3) is 0.500. The molecule has 2 atom stereocenters. The van der Waals surface area contributed by atoms with Crippen molar-refractivity contribution in [3.63, 3.8) is 0 Å². The van der Waals surface area contributed by atoms with Crippen molar-refractivity contribution in [1.82, 2.24) is 5.32 Å². The summed E-state index contributed by atoms with van der Waals surface area (Å²) in [5, 5.41) is 15.8. The molecule has 0 radical (unpaired) electrons. The van der Waals surface area contributed by atoms with Gasteiger partial charge in [-0.05, 0) is 63.4 Å². The van der Waals surface area contributed by atoms with Crippen LogP contribution in [0, 0.1) is 0 Å². The second-order valence-electron chi connectivity index (χ2n) is 10.7. The topological polar surface area (TPSA) is 164 Å². The van der Waals surface area contributed by atoms with Gasteiger partial charge in [0, 0.05) is 61.4 Å². The molecule has 1 aliphatic heterocycles. The summed E-state index contributed by atoms with van der Waals surface area (Å²) in [5.41, 5.74) is 8.25. The Balaban J connectivity index is 2.07. The molecule has 0 spiro atoms. The van der Waals surface area contributed by atoms with E-state index < -0.39 is 29.1 Å². The third-order valence-corrected chi connectivity index (χ3v) is 6.34. The predicted octanol–water partition coefficient (Wildman–Crippen LogP) is 4.92. The number of aliphatic imine (C=N–C) groups is 1. The van der Waals surface area contributed by atoms with Crippen LogP contribution >= 0.6 is 0 Å². The van der Waals surface area contributed by atoms with Gasteiger partial charge in [0.1, 0.15) is 11.4 Å². The van der Waals surface area contributed by atoms with Crippen molar-refractivity contribution in [2.45, 2.75) is 63.7 Å². The highest BCUT2D eigenvalue weighted by molar-refractivity contribution is 6.01. The molecule has 1 heterocycles. The highest BCUT2D eigenvalue weighted by atomic mass is 16.6. The number of benzene rings is 2. The van der Waals surface area contributed by atoms with E-state index in [9.17, 15) is 15.1 Å². The summed E-state index contributed by atoms with van der Waals surface area (Å²) < 4.78 is 22.7. The zero-order valence-corrected chi connectivity index (χ0v) is 24.5. The van der Waals surface area contributed by atoms with Gasteiger partial charge < -0.3 is 29.4 Å². The Morgan fingerprint density at radius 3 is 2.55 bits per heavy atom. The smallest absolute Gasteiger partial charge is 0.306 e. The fourth-order valence-electron chi connectivity index (χ4n) is 4.45. The van der Waals surface area contributed by atoms with Crippen LogP contribution in [0.15, 0.2) is 58.6 Å². The quantitative estimate of drug-likeness (QED) is 0.0990. The van der Waals surface area contributed by atoms with E-state index in [-0.39, 0.29) is 31.0 Å².